The van der Waals surface area contributed by atoms with E-state index in [0.29, 0.717) is 12.8 Å². The van der Waals surface area contributed by atoms with Gasteiger partial charge < -0.3 is 4.74 Å². The maximum absolute atomic E-state index is 15.6. The number of halogens is 5. The molecule has 0 spiro atoms. The second-order valence-corrected chi connectivity index (χ2v) is 7.92. The van der Waals surface area contributed by atoms with Gasteiger partial charge in [0, 0.05) is 5.92 Å². The normalized spacial score (nSPS) is 36.3. The maximum Gasteiger partial charge on any atom is 0.200 e. The summed E-state index contributed by atoms with van der Waals surface area (Å²) in [5, 5.41) is 0. The minimum atomic E-state index is -2.63. The molecule has 0 N–H and O–H groups in total. The summed E-state index contributed by atoms with van der Waals surface area (Å²) in [6, 6.07) is 2.47. The molecule has 0 aliphatic heterocycles. The summed E-state index contributed by atoms with van der Waals surface area (Å²) in [5.74, 6) is -4.65. The Balaban J connectivity index is 1.89. The molecule has 6 heteroatoms. The summed E-state index contributed by atoms with van der Waals surface area (Å²) in [6.45, 7) is 3.78. The average Bonchev–Trinajstić information content (AvgIpc) is 2.82. The third-order valence-corrected chi connectivity index (χ3v) is 6.36. The van der Waals surface area contributed by atoms with Crippen molar-refractivity contribution >= 4 is 0 Å². The second-order valence-electron chi connectivity index (χ2n) is 7.92. The molecule has 2 fully saturated rings. The molecule has 27 heavy (non-hydrogen) atoms. The van der Waals surface area contributed by atoms with Crippen molar-refractivity contribution < 1.29 is 26.7 Å². The predicted octanol–water partition coefficient (Wildman–Crippen LogP) is 6.45. The lowest BCUT2D eigenvalue weighted by Crippen LogP contribution is -2.45. The summed E-state index contributed by atoms with van der Waals surface area (Å²) in [7, 11) is 0. The molecule has 6 unspecified atom stereocenters. The minimum Gasteiger partial charge on any atom is -0.491 e. The first-order valence-corrected chi connectivity index (χ1v) is 9.92. The molecule has 6 atom stereocenters. The Kier molecular flexibility index (Phi) is 6.02. The number of ether oxygens (including phenoxy) is 1. The average molecular weight is 390 g/mol. The standard InChI is InChI=1S/C21H27F5O/c1-3-5-12-6-7-13-11-15(20(25)21(13,26)17(22)10-12)14-8-9-16(27-4-2)19(24)18(14)23/h8-9,12-13,15,17,20H,3-7,10-11H2,1-2H3. The zero-order valence-electron chi connectivity index (χ0n) is 15.8. The molecule has 0 radical (unpaired) electrons. The lowest BCUT2D eigenvalue weighted by molar-refractivity contribution is -0.0380. The summed E-state index contributed by atoms with van der Waals surface area (Å²) < 4.78 is 79.3. The van der Waals surface area contributed by atoms with Gasteiger partial charge in [0.1, 0.15) is 12.3 Å². The Hall–Kier alpha value is -1.33. The quantitative estimate of drug-likeness (QED) is 0.525. The van der Waals surface area contributed by atoms with Crippen molar-refractivity contribution in [3.05, 3.63) is 29.3 Å². The highest BCUT2D eigenvalue weighted by Crippen LogP contribution is 2.57. The van der Waals surface area contributed by atoms with Gasteiger partial charge in [0.2, 0.25) is 5.82 Å². The molecule has 2 aliphatic carbocycles. The van der Waals surface area contributed by atoms with Crippen LogP contribution in [0.2, 0.25) is 0 Å². The lowest BCUT2D eigenvalue weighted by Gasteiger charge is -2.31. The number of alkyl halides is 3. The Bertz CT molecular complexity index is 666. The van der Waals surface area contributed by atoms with Gasteiger partial charge in [-0.05, 0) is 56.1 Å². The molecule has 2 saturated carbocycles. The van der Waals surface area contributed by atoms with Crippen LogP contribution in [0.5, 0.6) is 5.75 Å². The highest BCUT2D eigenvalue weighted by Gasteiger charge is 2.63. The molecule has 1 aromatic rings. The minimum absolute atomic E-state index is 0.00585. The Morgan fingerprint density at radius 2 is 1.81 bits per heavy atom. The molecule has 1 nitrogen and oxygen atoms in total. The fourth-order valence-electron chi connectivity index (χ4n) is 4.99. The van der Waals surface area contributed by atoms with E-state index in [2.05, 4.69) is 0 Å². The maximum atomic E-state index is 15.6. The van der Waals surface area contributed by atoms with Crippen molar-refractivity contribution in [2.75, 3.05) is 6.61 Å². The van der Waals surface area contributed by atoms with Gasteiger partial charge in [0.25, 0.3) is 0 Å². The van der Waals surface area contributed by atoms with Crippen molar-refractivity contribution in [3.8, 4) is 5.75 Å². The first-order chi connectivity index (χ1) is 12.8. The molecule has 0 aromatic heterocycles. The van der Waals surface area contributed by atoms with Gasteiger partial charge in [0.15, 0.2) is 17.2 Å². The molecule has 152 valence electrons. The monoisotopic (exact) mass is 390 g/mol. The van der Waals surface area contributed by atoms with Crippen LogP contribution < -0.4 is 4.74 Å². The van der Waals surface area contributed by atoms with Crippen molar-refractivity contribution in [2.24, 2.45) is 11.8 Å². The summed E-state index contributed by atoms with van der Waals surface area (Å²) >= 11 is 0. The molecule has 0 bridgehead atoms. The van der Waals surface area contributed by atoms with Crippen LogP contribution in [0.15, 0.2) is 12.1 Å². The fourth-order valence-corrected chi connectivity index (χ4v) is 4.99. The zero-order valence-corrected chi connectivity index (χ0v) is 15.8. The lowest BCUT2D eigenvalue weighted by atomic mass is 9.85. The van der Waals surface area contributed by atoms with Crippen molar-refractivity contribution in [1.82, 2.24) is 0 Å². The van der Waals surface area contributed by atoms with E-state index in [1.165, 1.54) is 12.1 Å². The van der Waals surface area contributed by atoms with Gasteiger partial charge in [-0.1, -0.05) is 25.8 Å². The van der Waals surface area contributed by atoms with E-state index in [9.17, 15) is 13.2 Å². The third kappa shape index (κ3) is 3.44. The van der Waals surface area contributed by atoms with Crippen LogP contribution in [0.4, 0.5) is 22.0 Å². The topological polar surface area (TPSA) is 9.23 Å². The van der Waals surface area contributed by atoms with Gasteiger partial charge in [-0.15, -0.1) is 0 Å². The number of hydrogen-bond donors (Lipinski definition) is 0. The largest absolute Gasteiger partial charge is 0.491 e. The zero-order chi connectivity index (χ0) is 19.8. The van der Waals surface area contributed by atoms with E-state index < -0.39 is 41.5 Å². The van der Waals surface area contributed by atoms with Crippen LogP contribution in [0.25, 0.3) is 0 Å². The molecule has 0 heterocycles. The van der Waals surface area contributed by atoms with Gasteiger partial charge in [-0.3, -0.25) is 0 Å². The highest BCUT2D eigenvalue weighted by molar-refractivity contribution is 5.35. The molecule has 3 rings (SSSR count). The SMILES string of the molecule is CCCC1CCC2CC(c3ccc(OCC)c(F)c3F)C(F)C2(F)C(F)C1. The van der Waals surface area contributed by atoms with E-state index in [0.717, 1.165) is 12.8 Å². The smallest absolute Gasteiger partial charge is 0.200 e. The van der Waals surface area contributed by atoms with Gasteiger partial charge in [0.05, 0.1) is 6.61 Å². The molecular weight excluding hydrogens is 363 g/mol. The number of hydrogen-bond acceptors (Lipinski definition) is 1. The van der Waals surface area contributed by atoms with Gasteiger partial charge in [-0.25, -0.2) is 17.6 Å². The Morgan fingerprint density at radius 1 is 1.07 bits per heavy atom. The molecule has 1 aromatic carbocycles. The van der Waals surface area contributed by atoms with E-state index >= 15 is 8.78 Å². The third-order valence-electron chi connectivity index (χ3n) is 6.36. The van der Waals surface area contributed by atoms with Crippen LogP contribution in [-0.4, -0.2) is 24.6 Å². The van der Waals surface area contributed by atoms with E-state index in [1.54, 1.807) is 6.92 Å². The fraction of sp³-hybridized carbons (Fsp3) is 0.714. The van der Waals surface area contributed by atoms with Gasteiger partial charge >= 0.3 is 0 Å². The second kappa shape index (κ2) is 7.96. The van der Waals surface area contributed by atoms with E-state index in [4.69, 9.17) is 4.74 Å². The van der Waals surface area contributed by atoms with Crippen LogP contribution in [0.1, 0.15) is 63.9 Å². The van der Waals surface area contributed by atoms with E-state index in [-0.39, 0.29) is 36.7 Å². The van der Waals surface area contributed by atoms with Crippen LogP contribution in [-0.2, 0) is 0 Å². The van der Waals surface area contributed by atoms with Crippen molar-refractivity contribution in [1.29, 1.82) is 0 Å². The van der Waals surface area contributed by atoms with Crippen LogP contribution >= 0.6 is 0 Å². The first-order valence-electron chi connectivity index (χ1n) is 9.92. The van der Waals surface area contributed by atoms with Crippen LogP contribution in [0.3, 0.4) is 0 Å². The molecule has 0 amide bonds. The summed E-state index contributed by atoms with van der Waals surface area (Å²) in [6.07, 6.45) is -1.44. The Labute approximate surface area is 157 Å². The predicted molar refractivity (Wildman–Crippen MR) is 94.3 cm³/mol. The van der Waals surface area contributed by atoms with E-state index in [1.807, 2.05) is 6.92 Å². The summed E-state index contributed by atoms with van der Waals surface area (Å²) in [4.78, 5) is 0. The molecular formula is C21H27F5O. The van der Waals surface area contributed by atoms with Crippen molar-refractivity contribution in [2.45, 2.75) is 76.3 Å². The number of rotatable bonds is 5. The highest BCUT2D eigenvalue weighted by atomic mass is 19.2. The van der Waals surface area contributed by atoms with Crippen molar-refractivity contribution in [3.63, 3.8) is 0 Å². The number of fused-ring (bicyclic) bond motifs is 1. The molecule has 2 aliphatic rings. The number of benzene rings is 1. The van der Waals surface area contributed by atoms with Crippen LogP contribution in [0, 0.1) is 23.5 Å². The summed E-state index contributed by atoms with van der Waals surface area (Å²) in [5.41, 5.74) is -2.86. The Morgan fingerprint density at radius 3 is 2.48 bits per heavy atom. The first kappa shape index (κ1) is 20.4. The molecule has 0 saturated heterocycles. The van der Waals surface area contributed by atoms with Gasteiger partial charge in [-0.2, -0.15) is 4.39 Å².